The lowest BCUT2D eigenvalue weighted by Crippen LogP contribution is -1.99. The standard InChI is InChI=1S/C15H13Cl2N5S2/c1-8-13(24-21-18-8)14-19-20-15(22(14)11-4-5-11)23-7-9-2-3-10(16)6-12(9)17/h2-3,6,11H,4-5,7H2,1H3. The lowest BCUT2D eigenvalue weighted by atomic mass is 10.2. The van der Waals surface area contributed by atoms with E-state index in [1.807, 2.05) is 19.1 Å². The van der Waals surface area contributed by atoms with Gasteiger partial charge in [-0.1, -0.05) is 45.5 Å². The molecule has 1 aliphatic carbocycles. The summed E-state index contributed by atoms with van der Waals surface area (Å²) in [5.41, 5.74) is 1.93. The van der Waals surface area contributed by atoms with Crippen LogP contribution in [-0.2, 0) is 5.75 Å². The third-order valence-corrected chi connectivity index (χ3v) is 6.21. The summed E-state index contributed by atoms with van der Waals surface area (Å²) in [6.45, 7) is 1.95. The number of aryl methyl sites for hydroxylation is 1. The molecule has 0 spiro atoms. The molecule has 1 fully saturated rings. The molecule has 1 aliphatic rings. The van der Waals surface area contributed by atoms with Gasteiger partial charge < -0.3 is 0 Å². The summed E-state index contributed by atoms with van der Waals surface area (Å²) >= 11 is 15.2. The second-order valence-electron chi connectivity index (χ2n) is 5.62. The molecule has 0 atom stereocenters. The molecule has 5 nitrogen and oxygen atoms in total. The number of halogens is 2. The summed E-state index contributed by atoms with van der Waals surface area (Å²) in [4.78, 5) is 0.991. The minimum Gasteiger partial charge on any atom is -0.298 e. The predicted molar refractivity (Wildman–Crippen MR) is 98.0 cm³/mol. The van der Waals surface area contributed by atoms with E-state index in [9.17, 15) is 0 Å². The summed E-state index contributed by atoms with van der Waals surface area (Å²) in [6, 6.07) is 6.04. The second-order valence-corrected chi connectivity index (χ2v) is 8.16. The second kappa shape index (κ2) is 6.63. The van der Waals surface area contributed by atoms with Gasteiger partial charge in [0.05, 0.1) is 5.69 Å². The van der Waals surface area contributed by atoms with Crippen molar-refractivity contribution in [1.29, 1.82) is 0 Å². The zero-order valence-electron chi connectivity index (χ0n) is 12.7. The minimum absolute atomic E-state index is 0.472. The number of hydrogen-bond acceptors (Lipinski definition) is 6. The Kier molecular flexibility index (Phi) is 4.51. The van der Waals surface area contributed by atoms with Gasteiger partial charge in [0.1, 0.15) is 4.88 Å². The van der Waals surface area contributed by atoms with Gasteiger partial charge in [-0.25, -0.2) is 0 Å². The average molecular weight is 398 g/mol. The number of nitrogens with zero attached hydrogens (tertiary/aromatic N) is 5. The number of benzene rings is 1. The summed E-state index contributed by atoms with van der Waals surface area (Å²) in [6.07, 6.45) is 2.32. The van der Waals surface area contributed by atoms with Gasteiger partial charge in [-0.15, -0.1) is 15.3 Å². The summed E-state index contributed by atoms with van der Waals surface area (Å²) in [5, 5.41) is 15.1. The summed E-state index contributed by atoms with van der Waals surface area (Å²) in [5.74, 6) is 1.59. The van der Waals surface area contributed by atoms with Gasteiger partial charge in [-0.2, -0.15) is 0 Å². The molecule has 9 heteroatoms. The predicted octanol–water partition coefficient (Wildman–Crippen LogP) is 5.04. The van der Waals surface area contributed by atoms with Crippen molar-refractivity contribution in [2.45, 2.75) is 36.7 Å². The SMILES string of the molecule is Cc1nnsc1-c1nnc(SCc2ccc(Cl)cc2Cl)n1C1CC1. The fourth-order valence-corrected chi connectivity index (χ4v) is 4.61. The Morgan fingerprint density at radius 1 is 1.25 bits per heavy atom. The zero-order valence-corrected chi connectivity index (χ0v) is 15.9. The first-order valence-corrected chi connectivity index (χ1v) is 9.96. The minimum atomic E-state index is 0.472. The normalized spacial score (nSPS) is 14.3. The van der Waals surface area contributed by atoms with Gasteiger partial charge in [0.2, 0.25) is 0 Å². The largest absolute Gasteiger partial charge is 0.298 e. The molecule has 4 rings (SSSR count). The summed E-state index contributed by atoms with van der Waals surface area (Å²) < 4.78 is 6.23. The van der Waals surface area contributed by atoms with Crippen LogP contribution < -0.4 is 0 Å². The molecule has 0 amide bonds. The molecule has 1 saturated carbocycles. The molecule has 124 valence electrons. The van der Waals surface area contributed by atoms with Crippen molar-refractivity contribution in [3.63, 3.8) is 0 Å². The Labute approximate surface area is 157 Å². The number of hydrogen-bond donors (Lipinski definition) is 0. The number of aromatic nitrogens is 5. The maximum absolute atomic E-state index is 6.26. The van der Waals surface area contributed by atoms with E-state index in [1.165, 1.54) is 11.5 Å². The fraction of sp³-hybridized carbons (Fsp3) is 0.333. The molecule has 0 unspecified atom stereocenters. The Morgan fingerprint density at radius 3 is 2.75 bits per heavy atom. The molecule has 1 aromatic carbocycles. The molecule has 2 heterocycles. The van der Waals surface area contributed by atoms with E-state index >= 15 is 0 Å². The molecule has 24 heavy (non-hydrogen) atoms. The highest BCUT2D eigenvalue weighted by Crippen LogP contribution is 2.42. The molecule has 0 bridgehead atoms. The van der Waals surface area contributed by atoms with Crippen molar-refractivity contribution < 1.29 is 0 Å². The van der Waals surface area contributed by atoms with Crippen molar-refractivity contribution in [1.82, 2.24) is 24.4 Å². The van der Waals surface area contributed by atoms with E-state index in [1.54, 1.807) is 17.8 Å². The average Bonchev–Trinajstić information content (AvgIpc) is 3.17. The maximum atomic E-state index is 6.26. The van der Waals surface area contributed by atoms with Crippen LogP contribution in [0.3, 0.4) is 0 Å². The quantitative estimate of drug-likeness (QED) is 0.564. The van der Waals surface area contributed by atoms with Gasteiger partial charge in [-0.05, 0) is 49.0 Å². The van der Waals surface area contributed by atoms with Gasteiger partial charge >= 0.3 is 0 Å². The van der Waals surface area contributed by atoms with Gasteiger partial charge in [0.15, 0.2) is 11.0 Å². The maximum Gasteiger partial charge on any atom is 0.192 e. The van der Waals surface area contributed by atoms with Crippen LogP contribution in [0, 0.1) is 6.92 Å². The molecule has 2 aromatic heterocycles. The van der Waals surface area contributed by atoms with Crippen molar-refractivity contribution in [3.8, 4) is 10.7 Å². The smallest absolute Gasteiger partial charge is 0.192 e. The molecule has 0 aliphatic heterocycles. The molecule has 0 saturated heterocycles. The number of rotatable bonds is 5. The van der Waals surface area contributed by atoms with E-state index in [0.29, 0.717) is 16.1 Å². The topological polar surface area (TPSA) is 56.5 Å². The Hall–Kier alpha value is -1.15. The van der Waals surface area contributed by atoms with Crippen LogP contribution >= 0.6 is 46.5 Å². The Bertz CT molecular complexity index is 888. The van der Waals surface area contributed by atoms with E-state index in [0.717, 1.165) is 45.7 Å². The highest BCUT2D eigenvalue weighted by Gasteiger charge is 2.31. The Morgan fingerprint density at radius 2 is 2.08 bits per heavy atom. The summed E-state index contributed by atoms with van der Waals surface area (Å²) in [7, 11) is 0. The lowest BCUT2D eigenvalue weighted by molar-refractivity contribution is 0.669. The monoisotopic (exact) mass is 397 g/mol. The van der Waals surface area contributed by atoms with Crippen LogP contribution in [0.5, 0.6) is 0 Å². The van der Waals surface area contributed by atoms with E-state index in [-0.39, 0.29) is 0 Å². The van der Waals surface area contributed by atoms with Crippen LogP contribution in [0.15, 0.2) is 23.4 Å². The van der Waals surface area contributed by atoms with Crippen LogP contribution in [-0.4, -0.2) is 24.4 Å². The first kappa shape index (κ1) is 16.3. The highest BCUT2D eigenvalue weighted by atomic mass is 35.5. The van der Waals surface area contributed by atoms with Crippen LogP contribution in [0.25, 0.3) is 10.7 Å². The molecule has 0 N–H and O–H groups in total. The fourth-order valence-electron chi connectivity index (χ4n) is 2.41. The van der Waals surface area contributed by atoms with Crippen LogP contribution in [0.2, 0.25) is 10.0 Å². The lowest BCUT2D eigenvalue weighted by Gasteiger charge is -2.08. The van der Waals surface area contributed by atoms with Crippen molar-refractivity contribution in [2.24, 2.45) is 0 Å². The van der Waals surface area contributed by atoms with Crippen LogP contribution in [0.4, 0.5) is 0 Å². The molecule has 3 aromatic rings. The third kappa shape index (κ3) is 3.18. The molecular formula is C15H13Cl2N5S2. The van der Waals surface area contributed by atoms with Gasteiger partial charge in [-0.3, -0.25) is 4.57 Å². The molecular weight excluding hydrogens is 385 g/mol. The first-order chi connectivity index (χ1) is 11.6. The zero-order chi connectivity index (χ0) is 16.7. The molecule has 0 radical (unpaired) electrons. The van der Waals surface area contributed by atoms with E-state index in [2.05, 4.69) is 24.4 Å². The highest BCUT2D eigenvalue weighted by molar-refractivity contribution is 7.98. The third-order valence-electron chi connectivity index (χ3n) is 3.80. The van der Waals surface area contributed by atoms with Crippen molar-refractivity contribution in [3.05, 3.63) is 39.5 Å². The Balaban J connectivity index is 1.62. The van der Waals surface area contributed by atoms with E-state index in [4.69, 9.17) is 23.2 Å². The van der Waals surface area contributed by atoms with Gasteiger partial charge in [0, 0.05) is 21.8 Å². The first-order valence-electron chi connectivity index (χ1n) is 7.44. The van der Waals surface area contributed by atoms with Crippen molar-refractivity contribution in [2.75, 3.05) is 0 Å². The van der Waals surface area contributed by atoms with E-state index < -0.39 is 0 Å². The van der Waals surface area contributed by atoms with Crippen LogP contribution in [0.1, 0.15) is 30.1 Å². The number of thioether (sulfide) groups is 1. The van der Waals surface area contributed by atoms with Gasteiger partial charge in [0.25, 0.3) is 0 Å². The van der Waals surface area contributed by atoms with Crippen molar-refractivity contribution >= 4 is 46.5 Å².